The van der Waals surface area contributed by atoms with Crippen LogP contribution in [0.25, 0.3) is 0 Å². The average Bonchev–Trinajstić information content (AvgIpc) is 2.49. The third kappa shape index (κ3) is 5.44. The first-order valence-corrected chi connectivity index (χ1v) is 8.33. The number of aryl methyl sites for hydroxylation is 2. The largest absolute Gasteiger partial charge is 0.491 e. The predicted molar refractivity (Wildman–Crippen MR) is 97.6 cm³/mol. The Morgan fingerprint density at radius 2 is 1.96 bits per heavy atom. The van der Waals surface area contributed by atoms with Crippen molar-refractivity contribution in [2.75, 3.05) is 18.5 Å². The van der Waals surface area contributed by atoms with Crippen LogP contribution in [0.1, 0.15) is 11.1 Å². The smallest absolute Gasteiger partial charge is 0.319 e. The number of carbonyl (C=O) groups is 1. The van der Waals surface area contributed by atoms with Gasteiger partial charge in [-0.05, 0) is 61.4 Å². The van der Waals surface area contributed by atoms with Crippen molar-refractivity contribution in [1.29, 1.82) is 0 Å². The zero-order chi connectivity index (χ0) is 16.8. The highest BCUT2D eigenvalue weighted by atomic mass is 79.9. The van der Waals surface area contributed by atoms with E-state index in [4.69, 9.17) is 16.3 Å². The Bertz CT molecular complexity index is 707. The minimum Gasteiger partial charge on any atom is -0.491 e. The number of benzene rings is 2. The molecule has 0 saturated heterocycles. The van der Waals surface area contributed by atoms with Gasteiger partial charge >= 0.3 is 6.03 Å². The van der Waals surface area contributed by atoms with Crippen LogP contribution in [0.15, 0.2) is 40.9 Å². The zero-order valence-corrected chi connectivity index (χ0v) is 15.3. The molecule has 2 aromatic rings. The van der Waals surface area contributed by atoms with Crippen molar-refractivity contribution < 1.29 is 9.53 Å². The Morgan fingerprint density at radius 1 is 1.17 bits per heavy atom. The minimum atomic E-state index is -0.261. The van der Waals surface area contributed by atoms with E-state index in [1.165, 1.54) is 0 Å². The van der Waals surface area contributed by atoms with Gasteiger partial charge in [0.25, 0.3) is 0 Å². The SMILES string of the molecule is Cc1cc(NC(=O)NCCOc2ccc(Cl)cc2C)ccc1Br. The molecule has 0 aliphatic carbocycles. The third-order valence-electron chi connectivity index (χ3n) is 3.20. The molecule has 0 heterocycles. The summed E-state index contributed by atoms with van der Waals surface area (Å²) >= 11 is 9.32. The lowest BCUT2D eigenvalue weighted by Gasteiger charge is -2.11. The van der Waals surface area contributed by atoms with Crippen molar-refractivity contribution in [3.05, 3.63) is 57.0 Å². The molecule has 0 atom stereocenters. The standard InChI is InChI=1S/C17H18BrClN2O2/c1-11-10-14(4-5-15(11)18)21-17(22)20-7-8-23-16-6-3-13(19)9-12(16)2/h3-6,9-10H,7-8H2,1-2H3,(H2,20,21,22). The summed E-state index contributed by atoms with van der Waals surface area (Å²) in [6, 6.07) is 10.8. The quantitative estimate of drug-likeness (QED) is 0.704. The van der Waals surface area contributed by atoms with E-state index in [1.54, 1.807) is 6.07 Å². The van der Waals surface area contributed by atoms with Crippen molar-refractivity contribution in [1.82, 2.24) is 5.32 Å². The number of carbonyl (C=O) groups excluding carboxylic acids is 1. The first-order valence-electron chi connectivity index (χ1n) is 7.15. The molecule has 2 N–H and O–H groups in total. The lowest BCUT2D eigenvalue weighted by Crippen LogP contribution is -2.32. The van der Waals surface area contributed by atoms with E-state index >= 15 is 0 Å². The van der Waals surface area contributed by atoms with Crippen LogP contribution < -0.4 is 15.4 Å². The average molecular weight is 398 g/mol. The normalized spacial score (nSPS) is 10.3. The fraction of sp³-hybridized carbons (Fsp3) is 0.235. The highest BCUT2D eigenvalue weighted by molar-refractivity contribution is 9.10. The highest BCUT2D eigenvalue weighted by Gasteiger charge is 2.04. The zero-order valence-electron chi connectivity index (χ0n) is 13.0. The van der Waals surface area contributed by atoms with Crippen molar-refractivity contribution in [3.63, 3.8) is 0 Å². The minimum absolute atomic E-state index is 0.261. The number of urea groups is 1. The lowest BCUT2D eigenvalue weighted by molar-refractivity contribution is 0.247. The van der Waals surface area contributed by atoms with Crippen molar-refractivity contribution in [2.24, 2.45) is 0 Å². The maximum absolute atomic E-state index is 11.8. The van der Waals surface area contributed by atoms with Crippen LogP contribution in [0.3, 0.4) is 0 Å². The Labute approximate surface area is 149 Å². The molecule has 4 nitrogen and oxygen atoms in total. The molecule has 0 spiro atoms. The van der Waals surface area contributed by atoms with E-state index in [9.17, 15) is 4.79 Å². The molecule has 0 fully saturated rings. The van der Waals surface area contributed by atoms with Crippen LogP contribution in [-0.4, -0.2) is 19.2 Å². The molecule has 0 saturated carbocycles. The summed E-state index contributed by atoms with van der Waals surface area (Å²) in [7, 11) is 0. The van der Waals surface area contributed by atoms with Crippen LogP contribution in [0, 0.1) is 13.8 Å². The summed E-state index contributed by atoms with van der Waals surface area (Å²) < 4.78 is 6.63. The molecule has 23 heavy (non-hydrogen) atoms. The first kappa shape index (κ1) is 17.6. The summed E-state index contributed by atoms with van der Waals surface area (Å²) in [6.45, 7) is 4.69. The second kappa shape index (κ2) is 8.22. The summed E-state index contributed by atoms with van der Waals surface area (Å²) in [6.07, 6.45) is 0. The molecule has 0 unspecified atom stereocenters. The lowest BCUT2D eigenvalue weighted by atomic mass is 10.2. The topological polar surface area (TPSA) is 50.4 Å². The fourth-order valence-electron chi connectivity index (χ4n) is 2.00. The summed E-state index contributed by atoms with van der Waals surface area (Å²) in [5.74, 6) is 0.764. The summed E-state index contributed by atoms with van der Waals surface area (Å²) in [4.78, 5) is 11.8. The van der Waals surface area contributed by atoms with Crippen LogP contribution in [-0.2, 0) is 0 Å². The molecule has 122 valence electrons. The molecule has 2 aromatic carbocycles. The molecular weight excluding hydrogens is 380 g/mol. The number of hydrogen-bond donors (Lipinski definition) is 2. The van der Waals surface area contributed by atoms with Crippen LogP contribution in [0.5, 0.6) is 5.75 Å². The van der Waals surface area contributed by atoms with E-state index in [1.807, 2.05) is 44.2 Å². The number of anilines is 1. The van der Waals surface area contributed by atoms with Gasteiger partial charge < -0.3 is 15.4 Å². The third-order valence-corrected chi connectivity index (χ3v) is 4.32. The van der Waals surface area contributed by atoms with Crippen molar-refractivity contribution in [2.45, 2.75) is 13.8 Å². The van der Waals surface area contributed by atoms with Gasteiger partial charge in [0.15, 0.2) is 0 Å². The number of hydrogen-bond acceptors (Lipinski definition) is 2. The van der Waals surface area contributed by atoms with Crippen LogP contribution >= 0.6 is 27.5 Å². The van der Waals surface area contributed by atoms with Crippen molar-refractivity contribution in [3.8, 4) is 5.75 Å². The van der Waals surface area contributed by atoms with Crippen molar-refractivity contribution >= 4 is 39.2 Å². The molecule has 2 rings (SSSR count). The Morgan fingerprint density at radius 3 is 2.65 bits per heavy atom. The Kier molecular flexibility index (Phi) is 6.30. The second-order valence-electron chi connectivity index (χ2n) is 5.10. The molecule has 2 amide bonds. The number of rotatable bonds is 5. The Hall–Kier alpha value is -1.72. The first-order chi connectivity index (χ1) is 11.0. The van der Waals surface area contributed by atoms with E-state index in [-0.39, 0.29) is 6.03 Å². The van der Waals surface area contributed by atoms with Gasteiger partial charge in [-0.25, -0.2) is 4.79 Å². The monoisotopic (exact) mass is 396 g/mol. The van der Waals surface area contributed by atoms with Crippen LogP contribution in [0.2, 0.25) is 5.02 Å². The van der Waals surface area contributed by atoms with Gasteiger partial charge in [0.1, 0.15) is 12.4 Å². The maximum Gasteiger partial charge on any atom is 0.319 e. The molecule has 0 aliphatic rings. The van der Waals surface area contributed by atoms with E-state index < -0.39 is 0 Å². The summed E-state index contributed by atoms with van der Waals surface area (Å²) in [5.41, 5.74) is 2.77. The van der Waals surface area contributed by atoms with Gasteiger partial charge in [-0.15, -0.1) is 0 Å². The number of amides is 2. The van der Waals surface area contributed by atoms with Gasteiger partial charge in [-0.2, -0.15) is 0 Å². The number of ether oxygens (including phenoxy) is 1. The van der Waals surface area contributed by atoms with Gasteiger partial charge in [0.2, 0.25) is 0 Å². The van der Waals surface area contributed by atoms with Gasteiger partial charge in [-0.1, -0.05) is 27.5 Å². The molecule has 0 aromatic heterocycles. The number of nitrogens with one attached hydrogen (secondary N) is 2. The summed E-state index contributed by atoms with van der Waals surface area (Å²) in [5, 5.41) is 6.21. The van der Waals surface area contributed by atoms with Crippen LogP contribution in [0.4, 0.5) is 10.5 Å². The maximum atomic E-state index is 11.8. The van der Waals surface area contributed by atoms with Gasteiger partial charge in [0, 0.05) is 15.2 Å². The highest BCUT2D eigenvalue weighted by Crippen LogP contribution is 2.21. The molecule has 0 aliphatic heterocycles. The molecule has 0 radical (unpaired) electrons. The Balaban J connectivity index is 1.75. The molecule has 6 heteroatoms. The molecule has 0 bridgehead atoms. The van der Waals surface area contributed by atoms with E-state index in [0.717, 1.165) is 27.0 Å². The van der Waals surface area contributed by atoms with Gasteiger partial charge in [-0.3, -0.25) is 0 Å². The number of halogens is 2. The second-order valence-corrected chi connectivity index (χ2v) is 6.39. The van der Waals surface area contributed by atoms with Gasteiger partial charge in [0.05, 0.1) is 6.54 Å². The van der Waals surface area contributed by atoms with E-state index in [2.05, 4.69) is 26.6 Å². The fourth-order valence-corrected chi connectivity index (χ4v) is 2.47. The predicted octanol–water partition coefficient (Wildman–Crippen LogP) is 4.92. The van der Waals surface area contributed by atoms with E-state index in [0.29, 0.717) is 18.2 Å². The molecular formula is C17H18BrClN2O2.